The van der Waals surface area contributed by atoms with Crippen molar-refractivity contribution < 1.29 is 13.2 Å². The molecule has 4 fully saturated rings. The third-order valence-electron chi connectivity index (χ3n) is 7.06. The molecule has 4 saturated carbocycles. The molecule has 0 unspecified atom stereocenters. The van der Waals surface area contributed by atoms with Crippen molar-refractivity contribution in [3.05, 3.63) is 29.3 Å². The molecule has 1 aromatic carbocycles. The Kier molecular flexibility index (Phi) is 4.25. The topological polar surface area (TPSA) is 55.4 Å². The van der Waals surface area contributed by atoms with Gasteiger partial charge in [-0.15, -0.1) is 0 Å². The Bertz CT molecular complexity index is 743. The van der Waals surface area contributed by atoms with Crippen molar-refractivity contribution in [1.29, 1.82) is 0 Å². The van der Waals surface area contributed by atoms with Crippen LogP contribution in [0.5, 0.6) is 0 Å². The molecule has 5 heteroatoms. The monoisotopic (exact) mass is 363 g/mol. The molecular formula is C20H29NO3S. The van der Waals surface area contributed by atoms with Gasteiger partial charge in [0, 0.05) is 13.7 Å². The van der Waals surface area contributed by atoms with E-state index >= 15 is 0 Å². The van der Waals surface area contributed by atoms with E-state index in [0.717, 1.165) is 23.0 Å². The molecule has 0 amide bonds. The van der Waals surface area contributed by atoms with Crippen molar-refractivity contribution >= 4 is 10.0 Å². The molecule has 4 bridgehead atoms. The largest absolute Gasteiger partial charge is 0.376 e. The van der Waals surface area contributed by atoms with Crippen LogP contribution < -0.4 is 4.72 Å². The third kappa shape index (κ3) is 2.84. The summed E-state index contributed by atoms with van der Waals surface area (Å²) in [6.07, 6.45) is 6.18. The van der Waals surface area contributed by atoms with Crippen LogP contribution in [0, 0.1) is 37.5 Å². The number of rotatable bonds is 5. The fourth-order valence-electron chi connectivity index (χ4n) is 6.06. The Balaban J connectivity index is 1.57. The van der Waals surface area contributed by atoms with Gasteiger partial charge in [-0.05, 0) is 81.3 Å². The first-order valence-electron chi connectivity index (χ1n) is 9.46. The Labute approximate surface area is 151 Å². The Morgan fingerprint density at radius 3 is 2.20 bits per heavy atom. The molecule has 25 heavy (non-hydrogen) atoms. The van der Waals surface area contributed by atoms with Crippen molar-refractivity contribution in [2.45, 2.75) is 56.4 Å². The Morgan fingerprint density at radius 1 is 1.08 bits per heavy atom. The van der Waals surface area contributed by atoms with Crippen LogP contribution in [-0.2, 0) is 14.8 Å². The predicted molar refractivity (Wildman–Crippen MR) is 97.9 cm³/mol. The van der Waals surface area contributed by atoms with E-state index in [0.29, 0.717) is 23.3 Å². The maximum Gasteiger partial charge on any atom is 0.240 e. The van der Waals surface area contributed by atoms with E-state index in [1.165, 1.54) is 32.1 Å². The molecule has 4 aliphatic carbocycles. The van der Waals surface area contributed by atoms with Gasteiger partial charge < -0.3 is 4.74 Å². The highest BCUT2D eigenvalue weighted by Crippen LogP contribution is 2.59. The number of sulfonamides is 1. The van der Waals surface area contributed by atoms with E-state index in [1.807, 2.05) is 26.0 Å². The van der Waals surface area contributed by atoms with Crippen molar-refractivity contribution in [2.24, 2.45) is 23.7 Å². The molecule has 0 radical (unpaired) electrons. The summed E-state index contributed by atoms with van der Waals surface area (Å²) in [4.78, 5) is 0.383. The van der Waals surface area contributed by atoms with Crippen molar-refractivity contribution in [1.82, 2.24) is 4.72 Å². The van der Waals surface area contributed by atoms with Crippen molar-refractivity contribution in [2.75, 3.05) is 13.7 Å². The molecule has 138 valence electrons. The van der Waals surface area contributed by atoms with Gasteiger partial charge in [-0.2, -0.15) is 0 Å². The van der Waals surface area contributed by atoms with Crippen LogP contribution in [0.15, 0.2) is 23.1 Å². The van der Waals surface area contributed by atoms with Crippen LogP contribution in [-0.4, -0.2) is 27.7 Å². The van der Waals surface area contributed by atoms with E-state index in [4.69, 9.17) is 4.74 Å². The molecule has 0 aromatic heterocycles. The van der Waals surface area contributed by atoms with Gasteiger partial charge in [0.1, 0.15) is 0 Å². The van der Waals surface area contributed by atoms with E-state index in [-0.39, 0.29) is 5.60 Å². The van der Waals surface area contributed by atoms with Crippen LogP contribution in [0.2, 0.25) is 0 Å². The van der Waals surface area contributed by atoms with Crippen molar-refractivity contribution in [3.8, 4) is 0 Å². The maximum absolute atomic E-state index is 12.9. The summed E-state index contributed by atoms with van der Waals surface area (Å²) in [7, 11) is -1.75. The first kappa shape index (κ1) is 17.5. The van der Waals surface area contributed by atoms with Gasteiger partial charge in [0.25, 0.3) is 0 Å². The number of hydrogen-bond acceptors (Lipinski definition) is 3. The van der Waals surface area contributed by atoms with E-state index < -0.39 is 10.0 Å². The van der Waals surface area contributed by atoms with Crippen LogP contribution in [0.1, 0.15) is 43.2 Å². The molecule has 0 atom stereocenters. The van der Waals surface area contributed by atoms with Crippen molar-refractivity contribution in [3.63, 3.8) is 0 Å². The molecule has 5 rings (SSSR count). The lowest BCUT2D eigenvalue weighted by atomic mass is 9.50. The number of ether oxygens (including phenoxy) is 1. The summed E-state index contributed by atoms with van der Waals surface area (Å²) in [5, 5.41) is 0. The van der Waals surface area contributed by atoms with Gasteiger partial charge in [-0.1, -0.05) is 17.7 Å². The lowest BCUT2D eigenvalue weighted by Crippen LogP contribution is -2.63. The minimum absolute atomic E-state index is 0.320. The first-order chi connectivity index (χ1) is 11.8. The number of methoxy groups -OCH3 is 1. The highest BCUT2D eigenvalue weighted by Gasteiger charge is 2.57. The van der Waals surface area contributed by atoms with Gasteiger partial charge in [0.15, 0.2) is 0 Å². The molecule has 0 heterocycles. The van der Waals surface area contributed by atoms with Crippen LogP contribution in [0.25, 0.3) is 0 Å². The number of hydrogen-bond donors (Lipinski definition) is 1. The second-order valence-corrected chi connectivity index (χ2v) is 10.3. The normalized spacial score (nSPS) is 36.8. The summed E-state index contributed by atoms with van der Waals surface area (Å²) < 4.78 is 34.8. The lowest BCUT2D eigenvalue weighted by molar-refractivity contribution is -0.185. The zero-order chi connectivity index (χ0) is 17.8. The predicted octanol–water partition coefficient (Wildman–Crippen LogP) is 3.42. The summed E-state index contributed by atoms with van der Waals surface area (Å²) in [6, 6.07) is 5.49. The molecule has 4 nitrogen and oxygen atoms in total. The smallest absolute Gasteiger partial charge is 0.240 e. The highest BCUT2D eigenvalue weighted by molar-refractivity contribution is 7.89. The summed E-state index contributed by atoms with van der Waals surface area (Å²) >= 11 is 0. The van der Waals surface area contributed by atoms with E-state index in [1.54, 1.807) is 13.2 Å². The molecule has 1 N–H and O–H groups in total. The minimum atomic E-state index is -3.52. The van der Waals surface area contributed by atoms with Crippen LogP contribution in [0.3, 0.4) is 0 Å². The van der Waals surface area contributed by atoms with E-state index in [2.05, 4.69) is 4.72 Å². The summed E-state index contributed by atoms with van der Waals surface area (Å²) in [5.41, 5.74) is 1.55. The second kappa shape index (κ2) is 6.07. The number of nitrogens with one attached hydrogen (secondary N) is 1. The van der Waals surface area contributed by atoms with Gasteiger partial charge in [0.05, 0.1) is 10.5 Å². The molecule has 0 saturated heterocycles. The Morgan fingerprint density at radius 2 is 1.68 bits per heavy atom. The van der Waals surface area contributed by atoms with Gasteiger partial charge >= 0.3 is 0 Å². The summed E-state index contributed by atoms with van der Waals surface area (Å²) in [5.74, 6) is 2.66. The Hall–Kier alpha value is -0.910. The second-order valence-electron chi connectivity index (χ2n) is 8.56. The highest BCUT2D eigenvalue weighted by atomic mass is 32.2. The standard InChI is InChI=1S/C20H29NO3S/c1-13-4-5-19(14(2)6-13)25(22,23)21-12-20(24-3)17-8-15-7-16(10-17)11-18(20)9-15/h4-6,15-18,21H,7-12H2,1-3H3. The SMILES string of the molecule is COC1(CNS(=O)(=O)c2ccc(C)cc2C)C2CC3CC(C2)CC1C3. The third-order valence-corrected chi connectivity index (χ3v) is 8.62. The van der Waals surface area contributed by atoms with Gasteiger partial charge in [-0.3, -0.25) is 0 Å². The zero-order valence-corrected chi connectivity index (χ0v) is 16.2. The molecule has 1 aromatic rings. The van der Waals surface area contributed by atoms with Gasteiger partial charge in [-0.25, -0.2) is 13.1 Å². The fraction of sp³-hybridized carbons (Fsp3) is 0.700. The first-order valence-corrected chi connectivity index (χ1v) is 10.9. The number of benzene rings is 1. The van der Waals surface area contributed by atoms with Gasteiger partial charge in [0.2, 0.25) is 10.0 Å². The minimum Gasteiger partial charge on any atom is -0.376 e. The number of aryl methyl sites for hydroxylation is 2. The van der Waals surface area contributed by atoms with E-state index in [9.17, 15) is 8.42 Å². The van der Waals surface area contributed by atoms with Crippen LogP contribution >= 0.6 is 0 Å². The molecule has 4 aliphatic rings. The maximum atomic E-state index is 12.9. The average molecular weight is 364 g/mol. The molecule has 0 spiro atoms. The lowest BCUT2D eigenvalue weighted by Gasteiger charge is -2.60. The van der Waals surface area contributed by atoms with Crippen LogP contribution in [0.4, 0.5) is 0 Å². The fourth-order valence-corrected chi connectivity index (χ4v) is 7.36. The molecule has 0 aliphatic heterocycles. The summed E-state index contributed by atoms with van der Waals surface area (Å²) in [6.45, 7) is 4.23. The molecular weight excluding hydrogens is 334 g/mol. The quantitative estimate of drug-likeness (QED) is 0.872. The zero-order valence-electron chi connectivity index (χ0n) is 15.4. The average Bonchev–Trinajstić information content (AvgIpc) is 2.54.